The zero-order valence-electron chi connectivity index (χ0n) is 14.8. The predicted molar refractivity (Wildman–Crippen MR) is 96.8 cm³/mol. The fourth-order valence-electron chi connectivity index (χ4n) is 2.42. The smallest absolute Gasteiger partial charge is 0.338 e. The standard InChI is InChI=1S/C21H24O4/c1-16-8-6-10-18(14-16)20(22)24-12-4-3-5-13-25-21(23)19-11-7-9-17(2)15-19/h6-11,14-15H,3-5,12-13H2,1-2H3. The van der Waals surface area contributed by atoms with Crippen molar-refractivity contribution in [1.29, 1.82) is 0 Å². The molecule has 4 nitrogen and oxygen atoms in total. The van der Waals surface area contributed by atoms with Crippen LogP contribution >= 0.6 is 0 Å². The number of esters is 2. The lowest BCUT2D eigenvalue weighted by molar-refractivity contribution is 0.0478. The van der Waals surface area contributed by atoms with E-state index in [-0.39, 0.29) is 11.9 Å². The number of carbonyl (C=O) groups excluding carboxylic acids is 2. The van der Waals surface area contributed by atoms with Gasteiger partial charge >= 0.3 is 11.9 Å². The summed E-state index contributed by atoms with van der Waals surface area (Å²) in [5.74, 6) is -0.593. The highest BCUT2D eigenvalue weighted by Crippen LogP contribution is 2.08. The van der Waals surface area contributed by atoms with Crippen LogP contribution in [0, 0.1) is 13.8 Å². The zero-order chi connectivity index (χ0) is 18.1. The minimum atomic E-state index is -0.297. The van der Waals surface area contributed by atoms with E-state index < -0.39 is 0 Å². The van der Waals surface area contributed by atoms with Gasteiger partial charge in [0.15, 0.2) is 0 Å². The van der Waals surface area contributed by atoms with Crippen LogP contribution in [0.25, 0.3) is 0 Å². The van der Waals surface area contributed by atoms with E-state index in [0.717, 1.165) is 30.4 Å². The number of unbranched alkanes of at least 4 members (excludes halogenated alkanes) is 2. The van der Waals surface area contributed by atoms with E-state index in [2.05, 4.69) is 0 Å². The summed E-state index contributed by atoms with van der Waals surface area (Å²) in [7, 11) is 0. The second-order valence-corrected chi connectivity index (χ2v) is 6.07. The van der Waals surface area contributed by atoms with Crippen LogP contribution in [0.5, 0.6) is 0 Å². The van der Waals surface area contributed by atoms with Crippen molar-refractivity contribution in [1.82, 2.24) is 0 Å². The molecule has 132 valence electrons. The maximum absolute atomic E-state index is 11.9. The molecule has 0 amide bonds. The van der Waals surface area contributed by atoms with Crippen molar-refractivity contribution in [3.63, 3.8) is 0 Å². The highest BCUT2D eigenvalue weighted by molar-refractivity contribution is 5.90. The first kappa shape index (κ1) is 18.7. The van der Waals surface area contributed by atoms with Gasteiger partial charge in [0.1, 0.15) is 0 Å². The van der Waals surface area contributed by atoms with Crippen molar-refractivity contribution in [3.05, 3.63) is 70.8 Å². The van der Waals surface area contributed by atoms with E-state index in [1.165, 1.54) is 0 Å². The monoisotopic (exact) mass is 340 g/mol. The molecule has 0 spiro atoms. The summed E-state index contributed by atoms with van der Waals surface area (Å²) in [6, 6.07) is 14.7. The summed E-state index contributed by atoms with van der Waals surface area (Å²) in [6.07, 6.45) is 2.33. The van der Waals surface area contributed by atoms with Gasteiger partial charge in [-0.1, -0.05) is 35.4 Å². The summed E-state index contributed by atoms with van der Waals surface area (Å²) in [5.41, 5.74) is 3.22. The lowest BCUT2D eigenvalue weighted by Gasteiger charge is -2.07. The molecule has 0 atom stereocenters. The van der Waals surface area contributed by atoms with Crippen molar-refractivity contribution in [2.24, 2.45) is 0 Å². The average Bonchev–Trinajstić information content (AvgIpc) is 2.60. The molecule has 0 bridgehead atoms. The van der Waals surface area contributed by atoms with Gasteiger partial charge in [0.2, 0.25) is 0 Å². The third-order valence-corrected chi connectivity index (χ3v) is 3.76. The Bertz CT molecular complexity index is 660. The van der Waals surface area contributed by atoms with Crippen LogP contribution in [0.2, 0.25) is 0 Å². The minimum absolute atomic E-state index is 0.297. The van der Waals surface area contributed by atoms with Crippen molar-refractivity contribution in [3.8, 4) is 0 Å². The van der Waals surface area contributed by atoms with Gasteiger partial charge < -0.3 is 9.47 Å². The number of carbonyl (C=O) groups is 2. The Hall–Kier alpha value is -2.62. The number of ether oxygens (including phenoxy) is 2. The third-order valence-electron chi connectivity index (χ3n) is 3.76. The molecule has 0 aliphatic heterocycles. The van der Waals surface area contributed by atoms with E-state index in [1.54, 1.807) is 12.1 Å². The maximum atomic E-state index is 11.9. The van der Waals surface area contributed by atoms with Crippen molar-refractivity contribution >= 4 is 11.9 Å². The third kappa shape index (κ3) is 6.42. The topological polar surface area (TPSA) is 52.6 Å². The molecule has 0 saturated heterocycles. The molecule has 0 aromatic heterocycles. The lowest BCUT2D eigenvalue weighted by Crippen LogP contribution is -2.08. The summed E-state index contributed by atoms with van der Waals surface area (Å²) >= 11 is 0. The molecule has 0 aliphatic carbocycles. The van der Waals surface area contributed by atoms with Crippen molar-refractivity contribution in [2.75, 3.05) is 13.2 Å². The Morgan fingerprint density at radius 3 is 1.56 bits per heavy atom. The van der Waals surface area contributed by atoms with Gasteiger partial charge in [-0.05, 0) is 57.4 Å². The molecular weight excluding hydrogens is 316 g/mol. The van der Waals surface area contributed by atoms with Gasteiger partial charge in [0, 0.05) is 0 Å². The van der Waals surface area contributed by atoms with Gasteiger partial charge in [0.25, 0.3) is 0 Å². The number of aryl methyl sites for hydroxylation is 2. The maximum Gasteiger partial charge on any atom is 0.338 e. The highest BCUT2D eigenvalue weighted by Gasteiger charge is 2.08. The first-order valence-electron chi connectivity index (χ1n) is 8.54. The minimum Gasteiger partial charge on any atom is -0.462 e. The molecule has 2 aromatic rings. The molecule has 2 aromatic carbocycles. The second-order valence-electron chi connectivity index (χ2n) is 6.07. The largest absolute Gasteiger partial charge is 0.462 e. The normalized spacial score (nSPS) is 10.3. The molecule has 0 fully saturated rings. The molecule has 0 unspecified atom stereocenters. The van der Waals surface area contributed by atoms with Crippen LogP contribution in [0.4, 0.5) is 0 Å². The number of hydrogen-bond donors (Lipinski definition) is 0. The molecule has 0 saturated carbocycles. The first-order valence-corrected chi connectivity index (χ1v) is 8.54. The molecular formula is C21H24O4. The summed E-state index contributed by atoms with van der Waals surface area (Å²) < 4.78 is 10.5. The predicted octanol–water partition coefficient (Wildman–Crippen LogP) is 4.49. The Morgan fingerprint density at radius 1 is 0.720 bits per heavy atom. The van der Waals surface area contributed by atoms with Crippen molar-refractivity contribution in [2.45, 2.75) is 33.1 Å². The SMILES string of the molecule is Cc1cccc(C(=O)OCCCCCOC(=O)c2cccc(C)c2)c1. The van der Waals surface area contributed by atoms with Crippen LogP contribution in [-0.4, -0.2) is 25.2 Å². The van der Waals surface area contributed by atoms with Gasteiger partial charge in [-0.3, -0.25) is 0 Å². The Kier molecular flexibility index (Phi) is 7.20. The van der Waals surface area contributed by atoms with Crippen LogP contribution in [-0.2, 0) is 9.47 Å². The molecule has 0 radical (unpaired) electrons. The summed E-state index contributed by atoms with van der Waals surface area (Å²) in [6.45, 7) is 4.63. The Morgan fingerprint density at radius 2 is 1.16 bits per heavy atom. The number of benzene rings is 2. The fourth-order valence-corrected chi connectivity index (χ4v) is 2.42. The van der Waals surface area contributed by atoms with Crippen molar-refractivity contribution < 1.29 is 19.1 Å². The Labute approximate surface area is 148 Å². The van der Waals surface area contributed by atoms with E-state index in [9.17, 15) is 9.59 Å². The lowest BCUT2D eigenvalue weighted by atomic mass is 10.1. The average molecular weight is 340 g/mol. The van der Waals surface area contributed by atoms with E-state index >= 15 is 0 Å². The summed E-state index contributed by atoms with van der Waals surface area (Å²) in [5, 5.41) is 0. The number of hydrogen-bond acceptors (Lipinski definition) is 4. The van der Waals surface area contributed by atoms with E-state index in [0.29, 0.717) is 24.3 Å². The molecule has 0 heterocycles. The van der Waals surface area contributed by atoms with Gasteiger partial charge in [-0.2, -0.15) is 0 Å². The van der Waals surface area contributed by atoms with Crippen LogP contribution < -0.4 is 0 Å². The molecule has 4 heteroatoms. The quantitative estimate of drug-likeness (QED) is 0.525. The Balaban J connectivity index is 1.58. The molecule has 0 N–H and O–H groups in total. The van der Waals surface area contributed by atoms with Gasteiger partial charge in [-0.25, -0.2) is 9.59 Å². The zero-order valence-corrected chi connectivity index (χ0v) is 14.8. The van der Waals surface area contributed by atoms with E-state index in [1.807, 2.05) is 50.2 Å². The van der Waals surface area contributed by atoms with E-state index in [4.69, 9.17) is 9.47 Å². The first-order chi connectivity index (χ1) is 12.1. The van der Waals surface area contributed by atoms with Crippen LogP contribution in [0.15, 0.2) is 48.5 Å². The second kappa shape index (κ2) is 9.62. The van der Waals surface area contributed by atoms with Gasteiger partial charge in [-0.15, -0.1) is 0 Å². The summed E-state index contributed by atoms with van der Waals surface area (Å²) in [4.78, 5) is 23.7. The molecule has 2 rings (SSSR count). The van der Waals surface area contributed by atoms with Crippen LogP contribution in [0.1, 0.15) is 51.1 Å². The van der Waals surface area contributed by atoms with Gasteiger partial charge in [0.05, 0.1) is 24.3 Å². The fraction of sp³-hybridized carbons (Fsp3) is 0.333. The molecule has 25 heavy (non-hydrogen) atoms. The van der Waals surface area contributed by atoms with Crippen LogP contribution in [0.3, 0.4) is 0 Å². The number of rotatable bonds is 8. The highest BCUT2D eigenvalue weighted by atomic mass is 16.5. The molecule has 0 aliphatic rings.